The Bertz CT molecular complexity index is 1030. The number of nitrogens with zero attached hydrogens (tertiary/aromatic N) is 2. The molecular weight excluding hydrogens is 392 g/mol. The van der Waals surface area contributed by atoms with Crippen molar-refractivity contribution in [2.45, 2.75) is 6.54 Å². The zero-order chi connectivity index (χ0) is 20.1. The number of aromatic nitrogens is 2. The third kappa shape index (κ3) is 5.06. The summed E-state index contributed by atoms with van der Waals surface area (Å²) >= 11 is 6.11. The molecule has 0 radical (unpaired) electrons. The Morgan fingerprint density at radius 3 is 2.90 bits per heavy atom. The minimum absolute atomic E-state index is 0.252. The summed E-state index contributed by atoms with van der Waals surface area (Å²) in [5, 5.41) is 11.0. The van der Waals surface area contributed by atoms with E-state index in [1.807, 2.05) is 36.4 Å². The number of aromatic amines is 1. The van der Waals surface area contributed by atoms with Crippen LogP contribution >= 0.6 is 11.6 Å². The third-order valence-electron chi connectivity index (χ3n) is 4.92. The van der Waals surface area contributed by atoms with Crippen molar-refractivity contribution in [1.29, 1.82) is 0 Å². The minimum atomic E-state index is -0.252. The molecule has 8 heteroatoms. The van der Waals surface area contributed by atoms with E-state index in [2.05, 4.69) is 20.4 Å². The lowest BCUT2D eigenvalue weighted by molar-refractivity contribution is 0.0322. The first-order chi connectivity index (χ1) is 14.2. The normalized spacial score (nSPS) is 14.8. The Morgan fingerprint density at radius 2 is 2.03 bits per heavy atom. The van der Waals surface area contributed by atoms with Gasteiger partial charge in [-0.1, -0.05) is 23.7 Å². The Kier molecular flexibility index (Phi) is 6.29. The minimum Gasteiger partial charge on any atom is -0.492 e. The zero-order valence-electron chi connectivity index (χ0n) is 16.0. The van der Waals surface area contributed by atoms with Crippen molar-refractivity contribution >= 4 is 28.1 Å². The highest BCUT2D eigenvalue weighted by Crippen LogP contribution is 2.22. The highest BCUT2D eigenvalue weighted by atomic mass is 35.5. The van der Waals surface area contributed by atoms with Gasteiger partial charge < -0.3 is 14.8 Å². The van der Waals surface area contributed by atoms with Crippen LogP contribution in [0.5, 0.6) is 5.75 Å². The van der Waals surface area contributed by atoms with E-state index < -0.39 is 0 Å². The van der Waals surface area contributed by atoms with Crippen molar-refractivity contribution in [3.8, 4) is 5.75 Å². The zero-order valence-corrected chi connectivity index (χ0v) is 16.7. The Morgan fingerprint density at radius 1 is 1.17 bits per heavy atom. The second kappa shape index (κ2) is 9.26. The van der Waals surface area contributed by atoms with Crippen molar-refractivity contribution < 1.29 is 9.47 Å². The average Bonchev–Trinajstić information content (AvgIpc) is 2.76. The number of rotatable bonds is 7. The van der Waals surface area contributed by atoms with Crippen LogP contribution in [0, 0.1) is 0 Å². The monoisotopic (exact) mass is 414 g/mol. The second-order valence-electron chi connectivity index (χ2n) is 6.91. The first kappa shape index (κ1) is 19.7. The van der Waals surface area contributed by atoms with Gasteiger partial charge in [0, 0.05) is 37.3 Å². The first-order valence-electron chi connectivity index (χ1n) is 9.63. The fourth-order valence-corrected chi connectivity index (χ4v) is 3.51. The lowest BCUT2D eigenvalue weighted by Crippen LogP contribution is -2.38. The molecular formula is C21H23ClN4O3. The summed E-state index contributed by atoms with van der Waals surface area (Å²) in [6.45, 7) is 5.70. The number of H-pyrrole nitrogens is 1. The standard InChI is InChI=1S/C21H23ClN4O3/c22-20-19-13-16(4-5-18(19)21(27)25-24-20)23-14-15-2-1-3-17(12-15)29-11-8-26-6-9-28-10-7-26/h1-5,12-13,23H,6-11,14H2,(H,25,27). The van der Waals surface area contributed by atoms with Crippen molar-refractivity contribution in [3.63, 3.8) is 0 Å². The van der Waals surface area contributed by atoms with Crippen LogP contribution in [-0.2, 0) is 11.3 Å². The summed E-state index contributed by atoms with van der Waals surface area (Å²) in [5.74, 6) is 0.856. The third-order valence-corrected chi connectivity index (χ3v) is 5.21. The van der Waals surface area contributed by atoms with E-state index in [1.54, 1.807) is 6.07 Å². The predicted octanol–water partition coefficient (Wildman–Crippen LogP) is 2.90. The summed E-state index contributed by atoms with van der Waals surface area (Å²) < 4.78 is 11.3. The maximum absolute atomic E-state index is 11.8. The molecule has 0 saturated carbocycles. The van der Waals surface area contributed by atoms with Gasteiger partial charge in [-0.25, -0.2) is 5.10 Å². The molecule has 2 aromatic carbocycles. The Hall–Kier alpha value is -2.61. The van der Waals surface area contributed by atoms with Crippen molar-refractivity contribution in [1.82, 2.24) is 15.1 Å². The quantitative estimate of drug-likeness (QED) is 0.619. The summed E-state index contributed by atoms with van der Waals surface area (Å²) in [6.07, 6.45) is 0. The highest BCUT2D eigenvalue weighted by molar-refractivity contribution is 6.34. The lowest BCUT2D eigenvalue weighted by Gasteiger charge is -2.26. The van der Waals surface area contributed by atoms with E-state index in [9.17, 15) is 4.79 Å². The topological polar surface area (TPSA) is 79.5 Å². The van der Waals surface area contributed by atoms with E-state index >= 15 is 0 Å². The van der Waals surface area contributed by atoms with Gasteiger partial charge in [-0.3, -0.25) is 9.69 Å². The molecule has 0 unspecified atom stereocenters. The number of ether oxygens (including phenoxy) is 2. The number of fused-ring (bicyclic) bond motifs is 1. The van der Waals surface area contributed by atoms with E-state index in [0.717, 1.165) is 49.8 Å². The summed E-state index contributed by atoms with van der Waals surface area (Å²) in [7, 11) is 0. The fraction of sp³-hybridized carbons (Fsp3) is 0.333. The maximum atomic E-state index is 11.8. The average molecular weight is 415 g/mol. The molecule has 0 bridgehead atoms. The van der Waals surface area contributed by atoms with Gasteiger partial charge in [0.15, 0.2) is 5.15 Å². The van der Waals surface area contributed by atoms with Crippen LogP contribution in [-0.4, -0.2) is 54.6 Å². The molecule has 1 aliphatic heterocycles. The highest BCUT2D eigenvalue weighted by Gasteiger charge is 2.10. The molecule has 0 amide bonds. The largest absolute Gasteiger partial charge is 0.492 e. The van der Waals surface area contributed by atoms with Gasteiger partial charge >= 0.3 is 0 Å². The van der Waals surface area contributed by atoms with E-state index in [1.165, 1.54) is 0 Å². The van der Waals surface area contributed by atoms with Gasteiger partial charge in [0.05, 0.1) is 18.6 Å². The van der Waals surface area contributed by atoms with Crippen LogP contribution in [0.4, 0.5) is 5.69 Å². The molecule has 0 spiro atoms. The molecule has 0 atom stereocenters. The fourth-order valence-electron chi connectivity index (χ4n) is 3.31. The summed E-state index contributed by atoms with van der Waals surface area (Å²) in [6, 6.07) is 13.5. The molecule has 2 N–H and O–H groups in total. The number of nitrogens with one attached hydrogen (secondary N) is 2. The van der Waals surface area contributed by atoms with Crippen LogP contribution in [0.2, 0.25) is 5.15 Å². The molecule has 0 aliphatic carbocycles. The second-order valence-corrected chi connectivity index (χ2v) is 7.27. The number of anilines is 1. The van der Waals surface area contributed by atoms with Crippen LogP contribution in [0.25, 0.3) is 10.8 Å². The molecule has 1 fully saturated rings. The molecule has 1 aliphatic rings. The summed E-state index contributed by atoms with van der Waals surface area (Å²) in [4.78, 5) is 14.2. The van der Waals surface area contributed by atoms with Gasteiger partial charge in [-0.15, -0.1) is 0 Å². The van der Waals surface area contributed by atoms with Crippen molar-refractivity contribution in [2.24, 2.45) is 0 Å². The Balaban J connectivity index is 1.35. The number of hydrogen-bond acceptors (Lipinski definition) is 6. The first-order valence-corrected chi connectivity index (χ1v) is 10.0. The maximum Gasteiger partial charge on any atom is 0.272 e. The van der Waals surface area contributed by atoms with Gasteiger partial charge in [0.25, 0.3) is 5.56 Å². The van der Waals surface area contributed by atoms with Gasteiger partial charge in [0.2, 0.25) is 0 Å². The molecule has 4 rings (SSSR count). The Labute approximate surface area is 173 Å². The molecule has 7 nitrogen and oxygen atoms in total. The van der Waals surface area contributed by atoms with Gasteiger partial charge in [0.1, 0.15) is 12.4 Å². The number of morpholine rings is 1. The van der Waals surface area contributed by atoms with Crippen LogP contribution in [0.1, 0.15) is 5.56 Å². The number of halogens is 1. The van der Waals surface area contributed by atoms with Crippen LogP contribution < -0.4 is 15.6 Å². The van der Waals surface area contributed by atoms with Gasteiger partial charge in [-0.2, -0.15) is 5.10 Å². The van der Waals surface area contributed by atoms with E-state index in [4.69, 9.17) is 21.1 Å². The van der Waals surface area contributed by atoms with E-state index in [-0.39, 0.29) is 10.7 Å². The predicted molar refractivity (Wildman–Crippen MR) is 114 cm³/mol. The van der Waals surface area contributed by atoms with Crippen molar-refractivity contribution in [2.75, 3.05) is 44.8 Å². The number of benzene rings is 2. The summed E-state index contributed by atoms with van der Waals surface area (Å²) in [5.41, 5.74) is 1.72. The van der Waals surface area contributed by atoms with Gasteiger partial charge in [-0.05, 0) is 35.9 Å². The molecule has 1 aromatic heterocycles. The van der Waals surface area contributed by atoms with Crippen LogP contribution in [0.3, 0.4) is 0 Å². The molecule has 1 saturated heterocycles. The molecule has 3 aromatic rings. The number of hydrogen-bond donors (Lipinski definition) is 2. The SMILES string of the molecule is O=c1[nH]nc(Cl)c2cc(NCc3cccc(OCCN4CCOCC4)c3)ccc12. The smallest absolute Gasteiger partial charge is 0.272 e. The lowest BCUT2D eigenvalue weighted by atomic mass is 10.1. The molecule has 29 heavy (non-hydrogen) atoms. The molecule has 152 valence electrons. The van der Waals surface area contributed by atoms with Crippen molar-refractivity contribution in [3.05, 3.63) is 63.5 Å². The molecule has 2 heterocycles. The van der Waals surface area contributed by atoms with E-state index in [0.29, 0.717) is 23.9 Å². The van der Waals surface area contributed by atoms with Crippen LogP contribution in [0.15, 0.2) is 47.3 Å².